The lowest BCUT2D eigenvalue weighted by atomic mass is 9.84. The van der Waals surface area contributed by atoms with Crippen molar-refractivity contribution >= 4 is 0 Å². The van der Waals surface area contributed by atoms with Gasteiger partial charge in [0.1, 0.15) is 0 Å². The fraction of sp³-hybridized carbons (Fsp3) is 1.00. The maximum Gasteiger partial charge on any atom is 0.00925 e. The lowest BCUT2D eigenvalue weighted by Crippen LogP contribution is -2.37. The molecule has 0 aromatic heterocycles. The molecule has 0 aromatic rings. The summed E-state index contributed by atoms with van der Waals surface area (Å²) < 4.78 is 0. The van der Waals surface area contributed by atoms with Gasteiger partial charge < -0.3 is 4.90 Å². The molecular weight excluding hydrogens is 170 g/mol. The summed E-state index contributed by atoms with van der Waals surface area (Å²) in [6.45, 7) is 8.23. The van der Waals surface area contributed by atoms with Crippen molar-refractivity contribution < 1.29 is 0 Å². The minimum absolute atomic E-state index is 0.809. The van der Waals surface area contributed by atoms with Crippen LogP contribution in [0.4, 0.5) is 0 Å². The van der Waals surface area contributed by atoms with Crippen molar-refractivity contribution in [3.8, 4) is 0 Å². The van der Waals surface area contributed by atoms with Crippen LogP contribution in [0.2, 0.25) is 0 Å². The molecule has 0 atom stereocenters. The largest absolute Gasteiger partial charge is 0.303 e. The molecule has 0 aromatic carbocycles. The van der Waals surface area contributed by atoms with Crippen LogP contribution in [0.5, 0.6) is 0 Å². The van der Waals surface area contributed by atoms with E-state index in [2.05, 4.69) is 32.7 Å². The first-order valence-electron chi connectivity index (χ1n) is 6.33. The second-order valence-corrected chi connectivity index (χ2v) is 5.42. The van der Waals surface area contributed by atoms with Crippen molar-refractivity contribution in [1.29, 1.82) is 0 Å². The van der Waals surface area contributed by atoms with Gasteiger partial charge in [0.25, 0.3) is 0 Å². The molecule has 14 heavy (non-hydrogen) atoms. The van der Waals surface area contributed by atoms with E-state index in [4.69, 9.17) is 0 Å². The summed E-state index contributed by atoms with van der Waals surface area (Å²) in [6.07, 6.45) is 7.18. The van der Waals surface area contributed by atoms with Gasteiger partial charge in [0.2, 0.25) is 0 Å². The van der Waals surface area contributed by atoms with Crippen LogP contribution in [0.15, 0.2) is 0 Å². The quantitative estimate of drug-likeness (QED) is 0.666. The van der Waals surface area contributed by atoms with Gasteiger partial charge in [0.05, 0.1) is 0 Å². The Labute approximate surface area is 89.9 Å². The van der Waals surface area contributed by atoms with Crippen LogP contribution in [0.3, 0.4) is 0 Å². The minimum atomic E-state index is 0.809. The first-order chi connectivity index (χ1) is 6.63. The van der Waals surface area contributed by atoms with E-state index < -0.39 is 0 Å². The normalized spacial score (nSPS) is 28.7. The van der Waals surface area contributed by atoms with Crippen LogP contribution in [-0.4, -0.2) is 24.5 Å². The summed E-state index contributed by atoms with van der Waals surface area (Å²) >= 11 is 0. The second-order valence-electron chi connectivity index (χ2n) is 5.42. The summed E-state index contributed by atoms with van der Waals surface area (Å²) in [5, 5.41) is 0. The molecule has 0 radical (unpaired) electrons. The molecule has 1 fully saturated rings. The molecule has 1 aliphatic carbocycles. The Bertz CT molecular complexity index is 145. The third kappa shape index (κ3) is 3.61. The molecule has 1 aliphatic rings. The lowest BCUT2D eigenvalue weighted by Gasteiger charge is -2.35. The summed E-state index contributed by atoms with van der Waals surface area (Å²) in [5.41, 5.74) is 0. The molecule has 1 saturated carbocycles. The Morgan fingerprint density at radius 1 is 1.14 bits per heavy atom. The Kier molecular flexibility index (Phi) is 4.94. The standard InChI is InChI=1S/C13H27N/c1-5-12-6-8-13(9-7-12)14(4)10-11(2)3/h11-13H,5-10H2,1-4H3/t12-,13-. The predicted octanol–water partition coefficient (Wildman–Crippen LogP) is 3.54. The first kappa shape index (κ1) is 12.0. The van der Waals surface area contributed by atoms with Gasteiger partial charge in [-0.25, -0.2) is 0 Å². The Hall–Kier alpha value is -0.0400. The Balaban J connectivity index is 2.26. The monoisotopic (exact) mass is 197 g/mol. The second kappa shape index (κ2) is 5.75. The van der Waals surface area contributed by atoms with Gasteiger partial charge in [-0.15, -0.1) is 0 Å². The van der Waals surface area contributed by atoms with Gasteiger partial charge >= 0.3 is 0 Å². The summed E-state index contributed by atoms with van der Waals surface area (Å²) in [5.74, 6) is 1.84. The van der Waals surface area contributed by atoms with Gasteiger partial charge in [-0.2, -0.15) is 0 Å². The van der Waals surface area contributed by atoms with Crippen molar-refractivity contribution in [2.24, 2.45) is 11.8 Å². The molecular formula is C13H27N. The lowest BCUT2D eigenvalue weighted by molar-refractivity contribution is 0.150. The molecule has 0 heterocycles. The van der Waals surface area contributed by atoms with Crippen molar-refractivity contribution in [2.75, 3.05) is 13.6 Å². The number of hydrogen-bond donors (Lipinski definition) is 0. The van der Waals surface area contributed by atoms with E-state index in [9.17, 15) is 0 Å². The van der Waals surface area contributed by atoms with E-state index in [1.807, 2.05) is 0 Å². The average Bonchev–Trinajstić information content (AvgIpc) is 2.17. The van der Waals surface area contributed by atoms with Crippen molar-refractivity contribution in [3.63, 3.8) is 0 Å². The SMILES string of the molecule is CC[C@H]1CC[C@H](N(C)CC(C)C)CC1. The van der Waals surface area contributed by atoms with E-state index in [0.29, 0.717) is 0 Å². The Morgan fingerprint density at radius 3 is 2.14 bits per heavy atom. The molecule has 0 aliphatic heterocycles. The zero-order valence-corrected chi connectivity index (χ0v) is 10.4. The van der Waals surface area contributed by atoms with E-state index in [-0.39, 0.29) is 0 Å². The molecule has 84 valence electrons. The van der Waals surface area contributed by atoms with Crippen molar-refractivity contribution in [3.05, 3.63) is 0 Å². The van der Waals surface area contributed by atoms with E-state index in [0.717, 1.165) is 17.9 Å². The fourth-order valence-corrected chi connectivity index (χ4v) is 2.72. The van der Waals surface area contributed by atoms with Crippen LogP contribution >= 0.6 is 0 Å². The van der Waals surface area contributed by atoms with Crippen molar-refractivity contribution in [1.82, 2.24) is 4.90 Å². The Morgan fingerprint density at radius 2 is 1.71 bits per heavy atom. The van der Waals surface area contributed by atoms with E-state index in [1.165, 1.54) is 38.6 Å². The van der Waals surface area contributed by atoms with Gasteiger partial charge in [0.15, 0.2) is 0 Å². The van der Waals surface area contributed by atoms with Crippen LogP contribution < -0.4 is 0 Å². The maximum atomic E-state index is 2.58. The van der Waals surface area contributed by atoms with Gasteiger partial charge in [-0.05, 0) is 44.6 Å². The topological polar surface area (TPSA) is 3.24 Å². The number of rotatable bonds is 4. The zero-order valence-electron chi connectivity index (χ0n) is 10.4. The molecule has 1 nitrogen and oxygen atoms in total. The average molecular weight is 197 g/mol. The molecule has 0 spiro atoms. The highest BCUT2D eigenvalue weighted by atomic mass is 15.1. The van der Waals surface area contributed by atoms with Crippen LogP contribution in [-0.2, 0) is 0 Å². The highest BCUT2D eigenvalue weighted by Crippen LogP contribution is 2.29. The zero-order chi connectivity index (χ0) is 10.6. The highest BCUT2D eigenvalue weighted by Gasteiger charge is 2.22. The van der Waals surface area contributed by atoms with Gasteiger partial charge in [0, 0.05) is 12.6 Å². The van der Waals surface area contributed by atoms with E-state index >= 15 is 0 Å². The molecule has 1 heteroatoms. The molecule has 0 bridgehead atoms. The first-order valence-corrected chi connectivity index (χ1v) is 6.33. The third-order valence-electron chi connectivity index (χ3n) is 3.67. The number of hydrogen-bond acceptors (Lipinski definition) is 1. The predicted molar refractivity (Wildman–Crippen MR) is 63.5 cm³/mol. The highest BCUT2D eigenvalue weighted by molar-refractivity contribution is 4.77. The van der Waals surface area contributed by atoms with Gasteiger partial charge in [-0.3, -0.25) is 0 Å². The maximum absolute atomic E-state index is 2.58. The summed E-state index contributed by atoms with van der Waals surface area (Å²) in [6, 6.07) is 0.875. The van der Waals surface area contributed by atoms with Gasteiger partial charge in [-0.1, -0.05) is 27.2 Å². The fourth-order valence-electron chi connectivity index (χ4n) is 2.72. The summed E-state index contributed by atoms with van der Waals surface area (Å²) in [7, 11) is 2.30. The molecule has 0 N–H and O–H groups in total. The van der Waals surface area contributed by atoms with E-state index in [1.54, 1.807) is 0 Å². The molecule has 0 amide bonds. The minimum Gasteiger partial charge on any atom is -0.303 e. The molecule has 0 unspecified atom stereocenters. The van der Waals surface area contributed by atoms with Crippen LogP contribution in [0.1, 0.15) is 52.9 Å². The van der Waals surface area contributed by atoms with Crippen LogP contribution in [0.25, 0.3) is 0 Å². The smallest absolute Gasteiger partial charge is 0.00925 e. The molecule has 1 rings (SSSR count). The molecule has 0 saturated heterocycles. The summed E-state index contributed by atoms with van der Waals surface area (Å²) in [4.78, 5) is 2.58. The van der Waals surface area contributed by atoms with Crippen LogP contribution in [0, 0.1) is 11.8 Å². The number of nitrogens with zero attached hydrogens (tertiary/aromatic N) is 1. The van der Waals surface area contributed by atoms with Crippen molar-refractivity contribution in [2.45, 2.75) is 58.9 Å². The third-order valence-corrected chi connectivity index (χ3v) is 3.67.